The monoisotopic (exact) mass is 568 g/mol. The number of rotatable bonds is 7. The first-order chi connectivity index (χ1) is 18.9. The smallest absolute Gasteiger partial charge is 0.406 e. The van der Waals surface area contributed by atoms with E-state index >= 15 is 0 Å². The van der Waals surface area contributed by atoms with Crippen LogP contribution in [-0.2, 0) is 0 Å². The van der Waals surface area contributed by atoms with Crippen LogP contribution in [0.2, 0.25) is 0 Å². The number of aryl methyl sites for hydroxylation is 2. The van der Waals surface area contributed by atoms with Crippen LogP contribution < -0.4 is 15.4 Å². The number of para-hydroxylation sites is 1. The van der Waals surface area contributed by atoms with Crippen LogP contribution >= 0.6 is 11.8 Å². The Balaban J connectivity index is 1.41. The number of anilines is 1. The highest BCUT2D eigenvalue weighted by molar-refractivity contribution is 8.14. The van der Waals surface area contributed by atoms with E-state index in [9.17, 15) is 18.3 Å². The summed E-state index contributed by atoms with van der Waals surface area (Å²) < 4.78 is 40.6. The first kappa shape index (κ1) is 28.8. The van der Waals surface area contributed by atoms with Gasteiger partial charge in [0.05, 0.1) is 17.6 Å². The first-order valence-corrected chi connectivity index (χ1v) is 13.1. The molecule has 0 aromatic heterocycles. The van der Waals surface area contributed by atoms with Crippen molar-refractivity contribution in [3.05, 3.63) is 89.0 Å². The van der Waals surface area contributed by atoms with E-state index in [2.05, 4.69) is 24.9 Å². The summed E-state index contributed by atoms with van der Waals surface area (Å²) in [6.45, 7) is 5.76. The maximum atomic E-state index is 12.3. The van der Waals surface area contributed by atoms with Gasteiger partial charge in [0.25, 0.3) is 0 Å². The van der Waals surface area contributed by atoms with Crippen molar-refractivity contribution in [2.24, 2.45) is 25.9 Å². The normalized spacial score (nSPS) is 19.3. The molecule has 12 heteroatoms. The van der Waals surface area contributed by atoms with Crippen molar-refractivity contribution in [1.29, 1.82) is 0 Å². The second-order valence-electron chi connectivity index (χ2n) is 9.13. The first-order valence-electron chi connectivity index (χ1n) is 12.1. The molecule has 208 valence electrons. The van der Waals surface area contributed by atoms with Crippen LogP contribution in [0.3, 0.4) is 0 Å². The number of aliphatic imine (C=N–C) groups is 2. The third-order valence-electron chi connectivity index (χ3n) is 5.84. The summed E-state index contributed by atoms with van der Waals surface area (Å²) in [6.07, 6.45) is -1.93. The molecule has 1 saturated heterocycles. The van der Waals surface area contributed by atoms with Crippen LogP contribution in [0.15, 0.2) is 86.9 Å². The van der Waals surface area contributed by atoms with Gasteiger partial charge >= 0.3 is 6.36 Å². The molecule has 4 rings (SSSR count). The lowest BCUT2D eigenvalue weighted by Crippen LogP contribution is -2.45. The molecule has 0 spiro atoms. The molecule has 0 amide bonds. The molecule has 3 N–H and O–H groups in total. The van der Waals surface area contributed by atoms with Crippen LogP contribution in [0.25, 0.3) is 0 Å². The lowest BCUT2D eigenvalue weighted by molar-refractivity contribution is -0.274. The number of aliphatic hydroxyl groups is 1. The van der Waals surface area contributed by atoms with Gasteiger partial charge in [0.2, 0.25) is 0 Å². The molecular weight excluding hydrogens is 541 g/mol. The number of halogens is 3. The number of benzene rings is 3. The zero-order valence-electron chi connectivity index (χ0n) is 21.9. The summed E-state index contributed by atoms with van der Waals surface area (Å²) in [6, 6.07) is 18.2. The predicted molar refractivity (Wildman–Crippen MR) is 155 cm³/mol. The van der Waals surface area contributed by atoms with Crippen molar-refractivity contribution in [2.75, 3.05) is 10.7 Å². The van der Waals surface area contributed by atoms with E-state index in [1.165, 1.54) is 30.2 Å². The van der Waals surface area contributed by atoms with E-state index in [-0.39, 0.29) is 11.6 Å². The lowest BCUT2D eigenvalue weighted by atomic mass is 10.1. The molecule has 1 heterocycles. The Labute approximate surface area is 233 Å². The summed E-state index contributed by atoms with van der Waals surface area (Å²) in [7, 11) is 0. The number of hydrogen-bond donors (Lipinski definition) is 2. The van der Waals surface area contributed by atoms with Gasteiger partial charge in [-0.15, -0.1) is 18.3 Å². The Bertz CT molecular complexity index is 1450. The third-order valence-corrected chi connectivity index (χ3v) is 7.05. The fourth-order valence-electron chi connectivity index (χ4n) is 3.96. The lowest BCUT2D eigenvalue weighted by Gasteiger charge is -2.32. The molecule has 0 saturated carbocycles. The van der Waals surface area contributed by atoms with Crippen molar-refractivity contribution in [3.8, 4) is 5.75 Å². The molecule has 1 atom stereocenters. The summed E-state index contributed by atoms with van der Waals surface area (Å²) in [5.74, 6) is 0.333. The minimum absolute atomic E-state index is 0.207. The molecule has 40 heavy (non-hydrogen) atoms. The van der Waals surface area contributed by atoms with E-state index in [0.717, 1.165) is 34.5 Å². The fraction of sp³-hybridized carbons (Fsp3) is 0.214. The number of nitrogens with zero attached hydrogens (tertiary/aromatic N) is 5. The SMILES string of the molecule is Cc1cccc(C)c1N1/C(=N/N=C/c2ccc(C(N)=NC=Nc3ccc(OC(F)(F)F)cc3)cc2)SCC1(C)O. The fourth-order valence-corrected chi connectivity index (χ4v) is 5.01. The Kier molecular flexibility index (Phi) is 8.60. The molecule has 0 bridgehead atoms. The molecule has 3 aromatic rings. The molecule has 0 aliphatic carbocycles. The van der Waals surface area contributed by atoms with Crippen molar-refractivity contribution >= 4 is 46.7 Å². The highest BCUT2D eigenvalue weighted by atomic mass is 32.2. The van der Waals surface area contributed by atoms with Gasteiger partial charge in [-0.2, -0.15) is 5.10 Å². The number of ether oxygens (including phenoxy) is 1. The molecule has 1 unspecified atom stereocenters. The van der Waals surface area contributed by atoms with Gasteiger partial charge in [-0.25, -0.2) is 9.98 Å². The van der Waals surface area contributed by atoms with Crippen LogP contribution in [0.5, 0.6) is 5.75 Å². The van der Waals surface area contributed by atoms with Crippen LogP contribution in [0, 0.1) is 13.8 Å². The summed E-state index contributed by atoms with van der Waals surface area (Å²) >= 11 is 1.44. The van der Waals surface area contributed by atoms with Gasteiger partial charge in [0.15, 0.2) is 10.9 Å². The van der Waals surface area contributed by atoms with Gasteiger partial charge in [0.1, 0.15) is 17.9 Å². The highest BCUT2D eigenvalue weighted by Gasteiger charge is 2.41. The van der Waals surface area contributed by atoms with E-state index < -0.39 is 12.1 Å². The topological polar surface area (TPSA) is 108 Å². The summed E-state index contributed by atoms with van der Waals surface area (Å²) in [4.78, 5) is 9.98. The average molecular weight is 569 g/mol. The molecule has 0 radical (unpaired) electrons. The van der Waals surface area contributed by atoms with E-state index in [1.54, 1.807) is 37.4 Å². The third kappa shape index (κ3) is 7.27. The van der Waals surface area contributed by atoms with Gasteiger partial charge < -0.3 is 15.6 Å². The van der Waals surface area contributed by atoms with Crippen molar-refractivity contribution in [3.63, 3.8) is 0 Å². The van der Waals surface area contributed by atoms with Gasteiger partial charge in [-0.3, -0.25) is 4.90 Å². The maximum Gasteiger partial charge on any atom is 0.573 e. The maximum absolute atomic E-state index is 12.3. The molecule has 8 nitrogen and oxygen atoms in total. The largest absolute Gasteiger partial charge is 0.573 e. The molecule has 1 aliphatic heterocycles. The number of hydrogen-bond acceptors (Lipinski definition) is 6. The Morgan fingerprint density at radius 1 is 1.05 bits per heavy atom. The van der Waals surface area contributed by atoms with Crippen molar-refractivity contribution in [1.82, 2.24) is 0 Å². The van der Waals surface area contributed by atoms with Gasteiger partial charge in [-0.1, -0.05) is 54.2 Å². The minimum Gasteiger partial charge on any atom is -0.406 e. The van der Waals surface area contributed by atoms with Gasteiger partial charge in [0, 0.05) is 11.3 Å². The predicted octanol–water partition coefficient (Wildman–Crippen LogP) is 5.92. The van der Waals surface area contributed by atoms with Crippen LogP contribution in [0.4, 0.5) is 24.5 Å². The zero-order valence-corrected chi connectivity index (χ0v) is 22.7. The molecule has 1 aliphatic rings. The zero-order chi connectivity index (χ0) is 28.9. The highest BCUT2D eigenvalue weighted by Crippen LogP contribution is 2.39. The van der Waals surface area contributed by atoms with E-state index in [0.29, 0.717) is 22.2 Å². The molecular formula is C28H27F3N6O2S. The van der Waals surface area contributed by atoms with Crippen LogP contribution in [-0.4, -0.2) is 46.5 Å². The number of alkyl halides is 3. The van der Waals surface area contributed by atoms with E-state index in [1.807, 2.05) is 36.9 Å². The molecule has 1 fully saturated rings. The second-order valence-corrected chi connectivity index (χ2v) is 10.1. The van der Waals surface area contributed by atoms with Gasteiger partial charge in [-0.05, 0) is 61.7 Å². The Morgan fingerprint density at radius 3 is 2.33 bits per heavy atom. The number of thioether (sulfide) groups is 1. The Morgan fingerprint density at radius 2 is 1.70 bits per heavy atom. The summed E-state index contributed by atoms with van der Waals surface area (Å²) in [5.41, 5.74) is 9.74. The average Bonchev–Trinajstić information content (AvgIpc) is 3.18. The van der Waals surface area contributed by atoms with Crippen molar-refractivity contribution < 1.29 is 23.0 Å². The number of nitrogens with two attached hydrogens (primary N) is 1. The van der Waals surface area contributed by atoms with E-state index in [4.69, 9.17) is 5.73 Å². The molecule has 3 aromatic carbocycles. The summed E-state index contributed by atoms with van der Waals surface area (Å²) in [5, 5.41) is 20.2. The quantitative estimate of drug-likeness (QED) is 0.209. The second kappa shape index (κ2) is 11.9. The number of amidine groups is 2. The van der Waals surface area contributed by atoms with Crippen LogP contribution in [0.1, 0.15) is 29.2 Å². The standard InChI is InChI=1S/C28H27F3N6O2S/c1-18-5-4-6-19(2)24(18)37-26(40-16-27(37,3)38)36-35-15-20-7-9-21(10-8-20)25(32)34-17-33-22-11-13-23(14-12-22)39-28(29,30)31/h4-15,17,38H,16H2,1-3H3,(H2,32,33,34)/b35-15+,36-26-. The van der Waals surface area contributed by atoms with Crippen molar-refractivity contribution in [2.45, 2.75) is 32.9 Å². The Hall–Kier alpha value is -4.16. The minimum atomic E-state index is -4.75.